The standard InChI is InChI=1S/C16H18N4/c1-11-6-14-16(7-12(11)2)20(10-19-14)9-13-4-3-5-18-15(13)8-17/h3-7,10H,8-9,17H2,1-2H3. The largest absolute Gasteiger partial charge is 0.326 e. The van der Waals surface area contributed by atoms with Crippen molar-refractivity contribution in [1.29, 1.82) is 0 Å². The third-order valence-electron chi connectivity index (χ3n) is 3.76. The predicted octanol–water partition coefficient (Wildman–Crippen LogP) is 2.56. The molecule has 0 spiro atoms. The van der Waals surface area contributed by atoms with E-state index in [2.05, 4.69) is 46.6 Å². The first-order valence-electron chi connectivity index (χ1n) is 6.74. The molecule has 0 radical (unpaired) electrons. The molecule has 3 aromatic rings. The zero-order valence-electron chi connectivity index (χ0n) is 11.8. The van der Waals surface area contributed by atoms with E-state index in [1.165, 1.54) is 11.1 Å². The van der Waals surface area contributed by atoms with Crippen LogP contribution in [0.3, 0.4) is 0 Å². The van der Waals surface area contributed by atoms with E-state index in [0.717, 1.165) is 28.8 Å². The first kappa shape index (κ1) is 12.8. The molecule has 2 heterocycles. The highest BCUT2D eigenvalue weighted by atomic mass is 15.0. The van der Waals surface area contributed by atoms with E-state index >= 15 is 0 Å². The quantitative estimate of drug-likeness (QED) is 0.792. The maximum Gasteiger partial charge on any atom is 0.0961 e. The molecule has 0 saturated carbocycles. The van der Waals surface area contributed by atoms with Crippen LogP contribution in [0.25, 0.3) is 11.0 Å². The van der Waals surface area contributed by atoms with E-state index in [0.29, 0.717) is 6.54 Å². The SMILES string of the molecule is Cc1cc2ncn(Cc3cccnc3CN)c2cc1C. The number of aromatic nitrogens is 3. The van der Waals surface area contributed by atoms with Gasteiger partial charge in [0.15, 0.2) is 0 Å². The van der Waals surface area contributed by atoms with Crippen molar-refractivity contribution < 1.29 is 0 Å². The number of pyridine rings is 1. The van der Waals surface area contributed by atoms with Crippen molar-refractivity contribution in [2.45, 2.75) is 26.9 Å². The Morgan fingerprint density at radius 3 is 2.75 bits per heavy atom. The third-order valence-corrected chi connectivity index (χ3v) is 3.76. The van der Waals surface area contributed by atoms with Gasteiger partial charge in [0.25, 0.3) is 0 Å². The average molecular weight is 266 g/mol. The van der Waals surface area contributed by atoms with Crippen LogP contribution in [0.1, 0.15) is 22.4 Å². The summed E-state index contributed by atoms with van der Waals surface area (Å²) in [6.45, 7) is 5.45. The summed E-state index contributed by atoms with van der Waals surface area (Å²) in [6.07, 6.45) is 3.67. The monoisotopic (exact) mass is 266 g/mol. The van der Waals surface area contributed by atoms with E-state index < -0.39 is 0 Å². The number of nitrogens with two attached hydrogens (primary N) is 1. The minimum Gasteiger partial charge on any atom is -0.326 e. The number of benzene rings is 1. The summed E-state index contributed by atoms with van der Waals surface area (Å²) in [6, 6.07) is 8.34. The van der Waals surface area contributed by atoms with E-state index in [-0.39, 0.29) is 0 Å². The molecule has 20 heavy (non-hydrogen) atoms. The van der Waals surface area contributed by atoms with Crippen LogP contribution in [0.5, 0.6) is 0 Å². The van der Waals surface area contributed by atoms with Crippen molar-refractivity contribution in [3.63, 3.8) is 0 Å². The third kappa shape index (κ3) is 2.18. The van der Waals surface area contributed by atoms with Crippen LogP contribution in [0, 0.1) is 13.8 Å². The van der Waals surface area contributed by atoms with Crippen molar-refractivity contribution in [3.05, 3.63) is 59.2 Å². The minimum atomic E-state index is 0.459. The van der Waals surface area contributed by atoms with E-state index in [1.54, 1.807) is 6.20 Å². The van der Waals surface area contributed by atoms with Gasteiger partial charge in [0.1, 0.15) is 0 Å². The molecule has 0 unspecified atom stereocenters. The van der Waals surface area contributed by atoms with Crippen molar-refractivity contribution in [3.8, 4) is 0 Å². The molecule has 4 nitrogen and oxygen atoms in total. The number of fused-ring (bicyclic) bond motifs is 1. The Kier molecular flexibility index (Phi) is 3.24. The topological polar surface area (TPSA) is 56.7 Å². The Bertz CT molecular complexity index is 758. The molecule has 1 aromatic carbocycles. The highest BCUT2D eigenvalue weighted by molar-refractivity contribution is 5.77. The molecule has 0 aliphatic rings. The fourth-order valence-corrected chi connectivity index (χ4v) is 2.42. The number of imidazole rings is 1. The average Bonchev–Trinajstić information content (AvgIpc) is 2.82. The second-order valence-corrected chi connectivity index (χ2v) is 5.11. The van der Waals surface area contributed by atoms with Gasteiger partial charge in [0, 0.05) is 12.7 Å². The molecule has 0 aliphatic heterocycles. The second-order valence-electron chi connectivity index (χ2n) is 5.11. The first-order valence-corrected chi connectivity index (χ1v) is 6.74. The lowest BCUT2D eigenvalue weighted by Crippen LogP contribution is -2.07. The molecule has 3 rings (SSSR count). The lowest BCUT2D eigenvalue weighted by atomic mass is 10.1. The van der Waals surface area contributed by atoms with Crippen LogP contribution in [0.2, 0.25) is 0 Å². The lowest BCUT2D eigenvalue weighted by Gasteiger charge is -2.09. The zero-order valence-corrected chi connectivity index (χ0v) is 11.8. The van der Waals surface area contributed by atoms with Gasteiger partial charge in [-0.2, -0.15) is 0 Å². The summed E-state index contributed by atoms with van der Waals surface area (Å²) in [4.78, 5) is 8.81. The molecular formula is C16H18N4. The Balaban J connectivity index is 2.05. The fourth-order valence-electron chi connectivity index (χ4n) is 2.42. The number of nitrogens with zero attached hydrogens (tertiary/aromatic N) is 3. The Morgan fingerprint density at radius 2 is 1.95 bits per heavy atom. The highest BCUT2D eigenvalue weighted by Crippen LogP contribution is 2.19. The normalized spacial score (nSPS) is 11.2. The van der Waals surface area contributed by atoms with E-state index in [1.807, 2.05) is 12.4 Å². The Morgan fingerprint density at radius 1 is 1.15 bits per heavy atom. The fraction of sp³-hybridized carbons (Fsp3) is 0.250. The van der Waals surface area contributed by atoms with Gasteiger partial charge in [0.2, 0.25) is 0 Å². The van der Waals surface area contributed by atoms with Gasteiger partial charge >= 0.3 is 0 Å². The Labute approximate surface area is 118 Å². The number of hydrogen-bond acceptors (Lipinski definition) is 3. The van der Waals surface area contributed by atoms with Crippen LogP contribution < -0.4 is 5.73 Å². The molecule has 0 bridgehead atoms. The second kappa shape index (κ2) is 5.06. The van der Waals surface area contributed by atoms with Crippen molar-refractivity contribution in [2.24, 2.45) is 5.73 Å². The summed E-state index contributed by atoms with van der Waals surface area (Å²) in [5, 5.41) is 0. The van der Waals surface area contributed by atoms with Crippen LogP contribution in [-0.4, -0.2) is 14.5 Å². The van der Waals surface area contributed by atoms with Crippen LogP contribution in [0.4, 0.5) is 0 Å². The molecule has 4 heteroatoms. The van der Waals surface area contributed by atoms with E-state index in [4.69, 9.17) is 5.73 Å². The maximum absolute atomic E-state index is 5.75. The van der Waals surface area contributed by atoms with E-state index in [9.17, 15) is 0 Å². The molecule has 102 valence electrons. The summed E-state index contributed by atoms with van der Waals surface area (Å²) in [5.41, 5.74) is 12.6. The zero-order chi connectivity index (χ0) is 14.1. The Hall–Kier alpha value is -2.20. The summed E-state index contributed by atoms with van der Waals surface area (Å²) in [7, 11) is 0. The first-order chi connectivity index (χ1) is 9.69. The van der Waals surface area contributed by atoms with Gasteiger partial charge in [-0.25, -0.2) is 4.98 Å². The van der Waals surface area contributed by atoms with Crippen molar-refractivity contribution >= 4 is 11.0 Å². The van der Waals surface area contributed by atoms with Crippen molar-refractivity contribution in [1.82, 2.24) is 14.5 Å². The van der Waals surface area contributed by atoms with Crippen LogP contribution in [-0.2, 0) is 13.1 Å². The maximum atomic E-state index is 5.75. The summed E-state index contributed by atoms with van der Waals surface area (Å²) >= 11 is 0. The van der Waals surface area contributed by atoms with Crippen LogP contribution >= 0.6 is 0 Å². The highest BCUT2D eigenvalue weighted by Gasteiger charge is 2.08. The van der Waals surface area contributed by atoms with Gasteiger partial charge in [-0.1, -0.05) is 6.07 Å². The molecule has 0 saturated heterocycles. The number of aryl methyl sites for hydroxylation is 2. The number of rotatable bonds is 3. The molecule has 2 aromatic heterocycles. The molecule has 2 N–H and O–H groups in total. The molecule has 0 aliphatic carbocycles. The molecule has 0 fully saturated rings. The van der Waals surface area contributed by atoms with Gasteiger partial charge in [0.05, 0.1) is 29.6 Å². The summed E-state index contributed by atoms with van der Waals surface area (Å²) in [5.74, 6) is 0. The molecule has 0 amide bonds. The molecule has 0 atom stereocenters. The molecular weight excluding hydrogens is 248 g/mol. The van der Waals surface area contributed by atoms with Gasteiger partial charge < -0.3 is 10.3 Å². The van der Waals surface area contributed by atoms with Gasteiger partial charge in [-0.3, -0.25) is 4.98 Å². The summed E-state index contributed by atoms with van der Waals surface area (Å²) < 4.78 is 2.15. The van der Waals surface area contributed by atoms with Crippen molar-refractivity contribution in [2.75, 3.05) is 0 Å². The number of hydrogen-bond donors (Lipinski definition) is 1. The minimum absolute atomic E-state index is 0.459. The van der Waals surface area contributed by atoms with Gasteiger partial charge in [-0.15, -0.1) is 0 Å². The van der Waals surface area contributed by atoms with Gasteiger partial charge in [-0.05, 0) is 48.7 Å². The smallest absolute Gasteiger partial charge is 0.0961 e. The van der Waals surface area contributed by atoms with Crippen LogP contribution in [0.15, 0.2) is 36.8 Å². The predicted molar refractivity (Wildman–Crippen MR) is 80.4 cm³/mol. The lowest BCUT2D eigenvalue weighted by molar-refractivity contribution is 0.796.